The van der Waals surface area contributed by atoms with Gasteiger partial charge in [-0.25, -0.2) is 0 Å². The average Bonchev–Trinajstić information content (AvgIpc) is 2.84. The minimum atomic E-state index is -0.119. The molecular formula is C11H16N2O2. The van der Waals surface area contributed by atoms with Gasteiger partial charge in [0.05, 0.1) is 13.0 Å². The molecule has 0 amide bonds. The molecule has 1 aliphatic rings. The number of hydrogen-bond acceptors (Lipinski definition) is 3. The molecule has 0 saturated carbocycles. The largest absolute Gasteiger partial charge is 0.469 e. The summed E-state index contributed by atoms with van der Waals surface area (Å²) in [5, 5.41) is 3.24. The Kier molecular flexibility index (Phi) is 2.77. The fraction of sp³-hybridized carbons (Fsp3) is 0.545. The van der Waals surface area contributed by atoms with Gasteiger partial charge in [0.1, 0.15) is 0 Å². The molecule has 15 heavy (non-hydrogen) atoms. The van der Waals surface area contributed by atoms with E-state index >= 15 is 0 Å². The summed E-state index contributed by atoms with van der Waals surface area (Å²) in [5.74, 6) is 0.0623. The lowest BCUT2D eigenvalue weighted by molar-refractivity contribution is -0.145. The highest BCUT2D eigenvalue weighted by Crippen LogP contribution is 2.28. The average molecular weight is 208 g/mol. The quantitative estimate of drug-likeness (QED) is 0.720. The molecule has 1 N–H and O–H groups in total. The van der Waals surface area contributed by atoms with E-state index in [4.69, 9.17) is 4.74 Å². The number of carbonyl (C=O) groups excluding carboxylic acids is 1. The molecule has 4 heteroatoms. The molecule has 0 unspecified atom stereocenters. The monoisotopic (exact) mass is 208 g/mol. The van der Waals surface area contributed by atoms with Crippen molar-refractivity contribution in [2.24, 2.45) is 13.0 Å². The van der Waals surface area contributed by atoms with E-state index in [-0.39, 0.29) is 17.8 Å². The molecule has 1 aromatic heterocycles. The topological polar surface area (TPSA) is 43.3 Å². The van der Waals surface area contributed by atoms with E-state index in [0.29, 0.717) is 6.54 Å². The van der Waals surface area contributed by atoms with Crippen molar-refractivity contribution in [3.05, 3.63) is 24.0 Å². The molecule has 0 bridgehead atoms. The van der Waals surface area contributed by atoms with Crippen LogP contribution in [0.2, 0.25) is 0 Å². The zero-order valence-corrected chi connectivity index (χ0v) is 9.06. The minimum Gasteiger partial charge on any atom is -0.469 e. The Balaban J connectivity index is 2.22. The van der Waals surface area contributed by atoms with E-state index in [1.165, 1.54) is 12.8 Å². The molecule has 1 saturated heterocycles. The zero-order valence-electron chi connectivity index (χ0n) is 9.06. The molecule has 2 atom stereocenters. The van der Waals surface area contributed by atoms with Crippen LogP contribution in [0.3, 0.4) is 0 Å². The molecular weight excluding hydrogens is 192 g/mol. The lowest BCUT2D eigenvalue weighted by atomic mass is 9.93. The van der Waals surface area contributed by atoms with Gasteiger partial charge in [0, 0.05) is 37.9 Å². The summed E-state index contributed by atoms with van der Waals surface area (Å²) in [5.41, 5.74) is 1.19. The van der Waals surface area contributed by atoms with Gasteiger partial charge in [-0.3, -0.25) is 4.79 Å². The van der Waals surface area contributed by atoms with Crippen LogP contribution >= 0.6 is 0 Å². The van der Waals surface area contributed by atoms with Crippen molar-refractivity contribution in [1.82, 2.24) is 9.88 Å². The van der Waals surface area contributed by atoms with Crippen molar-refractivity contribution < 1.29 is 9.53 Å². The smallest absolute Gasteiger partial charge is 0.310 e. The van der Waals surface area contributed by atoms with E-state index in [1.807, 2.05) is 19.3 Å². The second-order valence-corrected chi connectivity index (χ2v) is 3.94. The summed E-state index contributed by atoms with van der Waals surface area (Å²) in [4.78, 5) is 11.6. The van der Waals surface area contributed by atoms with Crippen molar-refractivity contribution >= 4 is 5.97 Å². The molecule has 1 aliphatic heterocycles. The number of esters is 1. The summed E-state index contributed by atoms with van der Waals surface area (Å²) in [6, 6.07) is 4.07. The maximum absolute atomic E-state index is 11.6. The van der Waals surface area contributed by atoms with Gasteiger partial charge in [-0.15, -0.1) is 0 Å². The van der Waals surface area contributed by atoms with Gasteiger partial charge in [-0.2, -0.15) is 0 Å². The molecule has 1 aromatic rings. The van der Waals surface area contributed by atoms with Crippen LogP contribution in [0.5, 0.6) is 0 Å². The van der Waals surface area contributed by atoms with Crippen molar-refractivity contribution in [2.75, 3.05) is 20.2 Å². The first-order valence-corrected chi connectivity index (χ1v) is 5.14. The molecule has 0 spiro atoms. The van der Waals surface area contributed by atoms with Crippen LogP contribution in [-0.2, 0) is 16.6 Å². The Morgan fingerprint density at radius 3 is 3.00 bits per heavy atom. The number of methoxy groups -OCH3 is 1. The van der Waals surface area contributed by atoms with E-state index < -0.39 is 0 Å². The highest BCUT2D eigenvalue weighted by atomic mass is 16.5. The molecule has 0 aromatic carbocycles. The van der Waals surface area contributed by atoms with Gasteiger partial charge in [0.25, 0.3) is 0 Å². The van der Waals surface area contributed by atoms with Gasteiger partial charge in [-0.1, -0.05) is 0 Å². The summed E-state index contributed by atoms with van der Waals surface area (Å²) < 4.78 is 6.88. The molecule has 4 nitrogen and oxygen atoms in total. The van der Waals surface area contributed by atoms with Crippen LogP contribution in [0, 0.1) is 5.92 Å². The van der Waals surface area contributed by atoms with Crippen molar-refractivity contribution in [1.29, 1.82) is 0 Å². The van der Waals surface area contributed by atoms with E-state index in [1.54, 1.807) is 0 Å². The maximum Gasteiger partial charge on any atom is 0.310 e. The molecule has 0 radical (unpaired) electrons. The third-order valence-corrected chi connectivity index (χ3v) is 3.08. The summed E-state index contributed by atoms with van der Waals surface area (Å²) in [6.45, 7) is 1.56. The standard InChI is InChI=1S/C11H16N2O2/c1-13-5-3-4-10(13)8-6-12-7-9(8)11(14)15-2/h3-5,8-9,12H,6-7H2,1-2H3/t8-,9-/m0/s1. The second-order valence-electron chi connectivity index (χ2n) is 3.94. The first kappa shape index (κ1) is 10.2. The fourth-order valence-electron chi connectivity index (χ4n) is 2.25. The Hall–Kier alpha value is -1.29. The molecule has 2 rings (SSSR count). The number of ether oxygens (including phenoxy) is 1. The van der Waals surface area contributed by atoms with Crippen LogP contribution in [0.25, 0.3) is 0 Å². The second kappa shape index (κ2) is 4.06. The van der Waals surface area contributed by atoms with Gasteiger partial charge in [0.2, 0.25) is 0 Å². The number of nitrogens with zero attached hydrogens (tertiary/aromatic N) is 1. The number of carbonyl (C=O) groups is 1. The molecule has 2 heterocycles. The van der Waals surface area contributed by atoms with Crippen molar-refractivity contribution in [2.45, 2.75) is 5.92 Å². The van der Waals surface area contributed by atoms with Crippen LogP contribution in [0.15, 0.2) is 18.3 Å². The molecule has 82 valence electrons. The molecule has 1 fully saturated rings. The Labute approximate surface area is 89.2 Å². The SMILES string of the molecule is COC(=O)[C@H]1CNC[C@@H]1c1cccn1C. The summed E-state index contributed by atoms with van der Waals surface area (Å²) in [6.07, 6.45) is 2.00. The van der Waals surface area contributed by atoms with Gasteiger partial charge >= 0.3 is 5.97 Å². The predicted molar refractivity (Wildman–Crippen MR) is 56.5 cm³/mol. The third kappa shape index (κ3) is 1.77. The van der Waals surface area contributed by atoms with Gasteiger partial charge in [-0.05, 0) is 12.1 Å². The molecule has 0 aliphatic carbocycles. The number of rotatable bonds is 2. The minimum absolute atomic E-state index is 0.0522. The van der Waals surface area contributed by atoms with Gasteiger partial charge in [0.15, 0.2) is 0 Å². The van der Waals surface area contributed by atoms with Crippen LogP contribution in [-0.4, -0.2) is 30.7 Å². The van der Waals surface area contributed by atoms with Crippen molar-refractivity contribution in [3.63, 3.8) is 0 Å². The van der Waals surface area contributed by atoms with E-state index in [0.717, 1.165) is 6.54 Å². The Morgan fingerprint density at radius 1 is 1.60 bits per heavy atom. The number of aryl methyl sites for hydroxylation is 1. The predicted octanol–water partition coefficient (Wildman–Crippen LogP) is 0.501. The summed E-state index contributed by atoms with van der Waals surface area (Å²) in [7, 11) is 3.45. The highest BCUT2D eigenvalue weighted by Gasteiger charge is 2.35. The van der Waals surface area contributed by atoms with Gasteiger partial charge < -0.3 is 14.6 Å². The third-order valence-electron chi connectivity index (χ3n) is 3.08. The van der Waals surface area contributed by atoms with Crippen LogP contribution in [0.1, 0.15) is 11.6 Å². The highest BCUT2D eigenvalue weighted by molar-refractivity contribution is 5.74. The lowest BCUT2D eigenvalue weighted by Crippen LogP contribution is -2.23. The normalized spacial score (nSPS) is 25.5. The first-order chi connectivity index (χ1) is 7.24. The number of aromatic nitrogens is 1. The van der Waals surface area contributed by atoms with Crippen LogP contribution in [0.4, 0.5) is 0 Å². The van der Waals surface area contributed by atoms with E-state index in [2.05, 4.69) is 16.0 Å². The Morgan fingerprint density at radius 2 is 2.40 bits per heavy atom. The van der Waals surface area contributed by atoms with E-state index in [9.17, 15) is 4.79 Å². The zero-order chi connectivity index (χ0) is 10.8. The fourth-order valence-corrected chi connectivity index (χ4v) is 2.25. The Bertz CT molecular complexity index is 359. The lowest BCUT2D eigenvalue weighted by Gasteiger charge is -2.17. The maximum atomic E-state index is 11.6. The number of nitrogens with one attached hydrogen (secondary N) is 1. The first-order valence-electron chi connectivity index (χ1n) is 5.14. The summed E-state index contributed by atoms with van der Waals surface area (Å²) >= 11 is 0. The van der Waals surface area contributed by atoms with Crippen LogP contribution < -0.4 is 5.32 Å². The van der Waals surface area contributed by atoms with Crippen molar-refractivity contribution in [3.8, 4) is 0 Å². The number of hydrogen-bond donors (Lipinski definition) is 1.